The maximum Gasteiger partial charge on any atom is 0.158 e. The summed E-state index contributed by atoms with van der Waals surface area (Å²) in [6.45, 7) is 1.54. The molecule has 0 saturated carbocycles. The largest absolute Gasteiger partial charge is 0.205 e. The van der Waals surface area contributed by atoms with Gasteiger partial charge in [0.1, 0.15) is 10.8 Å². The molecule has 1 aromatic rings. The van der Waals surface area contributed by atoms with Crippen molar-refractivity contribution in [2.45, 2.75) is 6.92 Å². The van der Waals surface area contributed by atoms with Crippen LogP contribution in [-0.4, -0.2) is 0 Å². The van der Waals surface area contributed by atoms with Crippen LogP contribution in [0.2, 0.25) is 5.02 Å². The molecule has 0 unspecified atom stereocenters. The van der Waals surface area contributed by atoms with Crippen molar-refractivity contribution in [1.29, 1.82) is 0 Å². The van der Waals surface area contributed by atoms with Crippen molar-refractivity contribution in [1.82, 2.24) is 0 Å². The highest BCUT2D eigenvalue weighted by Crippen LogP contribution is 2.25. The lowest BCUT2D eigenvalue weighted by molar-refractivity contribution is 0.573. The Bertz CT molecular complexity index is 273. The van der Waals surface area contributed by atoms with Crippen molar-refractivity contribution in [2.24, 2.45) is 0 Å². The summed E-state index contributed by atoms with van der Waals surface area (Å²) in [6, 6.07) is 1.41. The highest BCUT2D eigenvalue weighted by molar-refractivity contribution is 14.1. The Kier molecular flexibility index (Phi) is 2.70. The van der Waals surface area contributed by atoms with E-state index in [1.807, 2.05) is 0 Å². The van der Waals surface area contributed by atoms with Gasteiger partial charge in [-0.1, -0.05) is 11.6 Å². The van der Waals surface area contributed by atoms with Crippen molar-refractivity contribution in [2.75, 3.05) is 0 Å². The number of halogens is 4. The molecule has 0 amide bonds. The molecule has 0 N–H and O–H groups in total. The molecule has 0 aliphatic rings. The summed E-state index contributed by atoms with van der Waals surface area (Å²) >= 11 is 7.10. The van der Waals surface area contributed by atoms with Gasteiger partial charge in [0.2, 0.25) is 0 Å². The van der Waals surface area contributed by atoms with Crippen LogP contribution in [0.4, 0.5) is 8.78 Å². The zero-order valence-corrected chi connectivity index (χ0v) is 8.50. The van der Waals surface area contributed by atoms with Crippen LogP contribution >= 0.6 is 34.2 Å². The topological polar surface area (TPSA) is 0 Å². The Morgan fingerprint density at radius 3 is 2.45 bits per heavy atom. The number of benzene rings is 1. The van der Waals surface area contributed by atoms with Crippen LogP contribution in [0.3, 0.4) is 0 Å². The Morgan fingerprint density at radius 1 is 1.36 bits per heavy atom. The fourth-order valence-corrected chi connectivity index (χ4v) is 1.84. The number of hydrogen-bond donors (Lipinski definition) is 0. The first-order chi connectivity index (χ1) is 5.04. The van der Waals surface area contributed by atoms with Crippen molar-refractivity contribution >= 4 is 34.2 Å². The summed E-state index contributed by atoms with van der Waals surface area (Å²) in [5, 5.41) is -0.422. The predicted molar refractivity (Wildman–Crippen MR) is 48.8 cm³/mol. The van der Waals surface area contributed by atoms with Gasteiger partial charge in [0, 0.05) is 0 Å². The molecule has 0 spiro atoms. The third-order valence-corrected chi connectivity index (χ3v) is 2.40. The molecular formula is C7H4ClF2I. The van der Waals surface area contributed by atoms with E-state index < -0.39 is 16.7 Å². The Hall–Kier alpha value is 0.1000. The second-order valence-corrected chi connectivity index (χ2v) is 3.66. The van der Waals surface area contributed by atoms with Gasteiger partial charge in [0.15, 0.2) is 5.82 Å². The van der Waals surface area contributed by atoms with Gasteiger partial charge in [-0.05, 0) is 41.1 Å². The van der Waals surface area contributed by atoms with Crippen LogP contribution in [0.1, 0.15) is 5.56 Å². The summed E-state index contributed by atoms with van der Waals surface area (Å²) in [5.41, 5.74) is 0.362. The lowest BCUT2D eigenvalue weighted by Gasteiger charge is -2.01. The maximum atomic E-state index is 12.8. The number of aryl methyl sites for hydroxylation is 1. The third kappa shape index (κ3) is 1.64. The Morgan fingerprint density at radius 2 is 1.91 bits per heavy atom. The molecule has 60 valence electrons. The summed E-state index contributed by atoms with van der Waals surface area (Å²) in [4.78, 5) is 0. The van der Waals surface area contributed by atoms with Crippen LogP contribution in [0, 0.1) is 22.1 Å². The molecule has 0 radical (unpaired) electrons. The average Bonchev–Trinajstić information content (AvgIpc) is 1.97. The molecule has 0 aromatic heterocycles. The van der Waals surface area contributed by atoms with Gasteiger partial charge in [-0.3, -0.25) is 0 Å². The van der Waals surface area contributed by atoms with Gasteiger partial charge in [-0.25, -0.2) is 8.78 Å². The fourth-order valence-electron chi connectivity index (χ4n) is 0.691. The van der Waals surface area contributed by atoms with Gasteiger partial charge in [0.05, 0.1) is 3.57 Å². The molecule has 0 nitrogen and oxygen atoms in total. The van der Waals surface area contributed by atoms with E-state index in [1.54, 1.807) is 29.5 Å². The highest BCUT2D eigenvalue weighted by atomic mass is 127. The molecule has 0 aliphatic heterocycles. The molecule has 1 rings (SSSR count). The molecule has 0 atom stereocenters. The standard InChI is InChI=1S/C7H4ClF2I/c1-3-2-4(11)7(10)5(8)6(3)9/h2H,1H3. The van der Waals surface area contributed by atoms with Gasteiger partial charge in [-0.2, -0.15) is 0 Å². The first kappa shape index (κ1) is 9.19. The molecule has 0 bridgehead atoms. The third-order valence-electron chi connectivity index (χ3n) is 1.28. The minimum absolute atomic E-state index is 0.339. The van der Waals surface area contributed by atoms with Gasteiger partial charge < -0.3 is 0 Å². The highest BCUT2D eigenvalue weighted by Gasteiger charge is 2.12. The normalized spacial score (nSPS) is 10.3. The fraction of sp³-hybridized carbons (Fsp3) is 0.143. The van der Waals surface area contributed by atoms with Crippen LogP contribution in [0.25, 0.3) is 0 Å². The Balaban J connectivity index is 3.46. The number of hydrogen-bond acceptors (Lipinski definition) is 0. The van der Waals surface area contributed by atoms with Crippen LogP contribution in [0.5, 0.6) is 0 Å². The molecule has 1 aromatic carbocycles. The smallest absolute Gasteiger partial charge is 0.158 e. The zero-order chi connectivity index (χ0) is 8.59. The predicted octanol–water partition coefficient (Wildman–Crippen LogP) is 3.53. The van der Waals surface area contributed by atoms with Crippen LogP contribution in [-0.2, 0) is 0 Å². The SMILES string of the molecule is Cc1cc(I)c(F)c(Cl)c1F. The second-order valence-electron chi connectivity index (χ2n) is 2.12. The van der Waals surface area contributed by atoms with Gasteiger partial charge in [0.25, 0.3) is 0 Å². The zero-order valence-electron chi connectivity index (χ0n) is 5.59. The lowest BCUT2D eigenvalue weighted by atomic mass is 10.2. The summed E-state index contributed by atoms with van der Waals surface area (Å²) < 4.78 is 25.9. The first-order valence-corrected chi connectivity index (χ1v) is 4.29. The van der Waals surface area contributed by atoms with Crippen molar-refractivity contribution < 1.29 is 8.78 Å². The molecular weight excluding hydrogens is 284 g/mol. The first-order valence-electron chi connectivity index (χ1n) is 2.83. The minimum atomic E-state index is -0.685. The lowest BCUT2D eigenvalue weighted by Crippen LogP contribution is -1.91. The van der Waals surface area contributed by atoms with E-state index in [-0.39, 0.29) is 0 Å². The van der Waals surface area contributed by atoms with Crippen LogP contribution < -0.4 is 0 Å². The van der Waals surface area contributed by atoms with Crippen molar-refractivity contribution in [3.8, 4) is 0 Å². The summed E-state index contributed by atoms with van der Waals surface area (Å²) in [7, 11) is 0. The molecule has 0 saturated heterocycles. The van der Waals surface area contributed by atoms with Crippen molar-refractivity contribution in [3.05, 3.63) is 31.9 Å². The van der Waals surface area contributed by atoms with E-state index >= 15 is 0 Å². The summed E-state index contributed by atoms with van der Waals surface area (Å²) in [6.07, 6.45) is 0. The summed E-state index contributed by atoms with van der Waals surface area (Å²) in [5.74, 6) is -1.36. The van der Waals surface area contributed by atoms with E-state index in [1.165, 1.54) is 6.07 Å². The molecule has 0 fully saturated rings. The van der Waals surface area contributed by atoms with E-state index in [0.29, 0.717) is 9.13 Å². The monoisotopic (exact) mass is 288 g/mol. The Labute approximate surface area is 81.7 Å². The average molecular weight is 288 g/mol. The van der Waals surface area contributed by atoms with Crippen molar-refractivity contribution in [3.63, 3.8) is 0 Å². The quantitative estimate of drug-likeness (QED) is 0.389. The van der Waals surface area contributed by atoms with E-state index in [4.69, 9.17) is 11.6 Å². The minimum Gasteiger partial charge on any atom is -0.205 e. The van der Waals surface area contributed by atoms with E-state index in [9.17, 15) is 8.78 Å². The van der Waals surface area contributed by atoms with Crippen LogP contribution in [0.15, 0.2) is 6.07 Å². The maximum absolute atomic E-state index is 12.8. The van der Waals surface area contributed by atoms with E-state index in [0.717, 1.165) is 0 Å². The second kappa shape index (κ2) is 3.23. The van der Waals surface area contributed by atoms with E-state index in [2.05, 4.69) is 0 Å². The molecule has 4 heteroatoms. The van der Waals surface area contributed by atoms with Gasteiger partial charge in [-0.15, -0.1) is 0 Å². The number of rotatable bonds is 0. The molecule has 0 aliphatic carbocycles. The van der Waals surface area contributed by atoms with Gasteiger partial charge >= 0.3 is 0 Å². The molecule has 0 heterocycles. The molecule has 11 heavy (non-hydrogen) atoms.